The average Bonchev–Trinajstić information content (AvgIpc) is 2.86. The smallest absolute Gasteiger partial charge is 0.0727 e. The highest BCUT2D eigenvalue weighted by Crippen LogP contribution is 2.48. The maximum Gasteiger partial charge on any atom is 0.0727 e. The first-order chi connectivity index (χ1) is 8.15. The topological polar surface area (TPSA) is 29.3 Å². The lowest BCUT2D eigenvalue weighted by atomic mass is 9.88. The fourth-order valence-corrected chi connectivity index (χ4v) is 3.92. The average molecular weight is 254 g/mol. The molecule has 2 rings (SSSR count). The molecule has 0 saturated heterocycles. The van der Waals surface area contributed by atoms with Gasteiger partial charge in [-0.05, 0) is 69.9 Å². The molecule has 0 radical (unpaired) electrons. The van der Waals surface area contributed by atoms with Gasteiger partial charge in [-0.1, -0.05) is 18.6 Å². The Morgan fingerprint density at radius 1 is 1.29 bits per heavy atom. The van der Waals surface area contributed by atoms with Crippen LogP contribution in [-0.4, -0.2) is 30.0 Å². The highest BCUT2D eigenvalue weighted by Gasteiger charge is 2.39. The molecule has 2 bridgehead atoms. The summed E-state index contributed by atoms with van der Waals surface area (Å²) < 4.78 is 0. The Labute approximate surface area is 111 Å². The highest BCUT2D eigenvalue weighted by molar-refractivity contribution is 7.80. The van der Waals surface area contributed by atoms with Crippen LogP contribution in [0.5, 0.6) is 0 Å². The van der Waals surface area contributed by atoms with E-state index in [4.69, 9.17) is 18.0 Å². The van der Waals surface area contributed by atoms with E-state index >= 15 is 0 Å². The van der Waals surface area contributed by atoms with Gasteiger partial charge in [0.25, 0.3) is 0 Å². The Bertz CT molecular complexity index is 267. The molecule has 2 nitrogen and oxygen atoms in total. The number of fused-ring (bicyclic) bond motifs is 2. The van der Waals surface area contributed by atoms with Crippen molar-refractivity contribution in [3.63, 3.8) is 0 Å². The second kappa shape index (κ2) is 6.14. The quantitative estimate of drug-likeness (QED) is 0.559. The van der Waals surface area contributed by atoms with Crippen molar-refractivity contribution in [3.8, 4) is 0 Å². The zero-order valence-corrected chi connectivity index (χ0v) is 11.8. The lowest BCUT2D eigenvalue weighted by Crippen LogP contribution is -2.29. The molecule has 2 aliphatic carbocycles. The van der Waals surface area contributed by atoms with E-state index in [9.17, 15) is 0 Å². The van der Waals surface area contributed by atoms with Crippen molar-refractivity contribution in [1.82, 2.24) is 4.90 Å². The Morgan fingerprint density at radius 3 is 2.71 bits per heavy atom. The standard InChI is InChI=1S/C14H26N2S/c1-16(7-3-2-4-14(15)17)10-13-9-11-5-6-12(13)8-11/h11-13H,2-10H2,1H3,(H2,15,17). The van der Waals surface area contributed by atoms with Crippen molar-refractivity contribution in [3.05, 3.63) is 0 Å². The first-order valence-electron chi connectivity index (χ1n) is 7.12. The van der Waals surface area contributed by atoms with Gasteiger partial charge in [0.15, 0.2) is 0 Å². The molecule has 17 heavy (non-hydrogen) atoms. The van der Waals surface area contributed by atoms with Crippen LogP contribution in [0.25, 0.3) is 0 Å². The third kappa shape index (κ3) is 3.92. The van der Waals surface area contributed by atoms with Crippen LogP contribution in [0.4, 0.5) is 0 Å². The van der Waals surface area contributed by atoms with Crippen molar-refractivity contribution in [2.24, 2.45) is 23.5 Å². The zero-order valence-electron chi connectivity index (χ0n) is 11.0. The largest absolute Gasteiger partial charge is 0.393 e. The summed E-state index contributed by atoms with van der Waals surface area (Å²) in [5.74, 6) is 3.13. The van der Waals surface area contributed by atoms with Crippen molar-refractivity contribution in [1.29, 1.82) is 0 Å². The molecule has 0 aliphatic heterocycles. The summed E-state index contributed by atoms with van der Waals surface area (Å²) in [7, 11) is 2.27. The summed E-state index contributed by atoms with van der Waals surface area (Å²) in [6.07, 6.45) is 9.34. The van der Waals surface area contributed by atoms with Gasteiger partial charge >= 0.3 is 0 Å². The van der Waals surface area contributed by atoms with Gasteiger partial charge in [-0.25, -0.2) is 0 Å². The first kappa shape index (κ1) is 13.3. The molecular formula is C14H26N2S. The molecule has 0 spiro atoms. The minimum absolute atomic E-state index is 0.667. The molecule has 3 atom stereocenters. The van der Waals surface area contributed by atoms with E-state index < -0.39 is 0 Å². The third-order valence-electron chi connectivity index (χ3n) is 4.64. The molecule has 0 heterocycles. The van der Waals surface area contributed by atoms with Crippen LogP contribution >= 0.6 is 12.2 Å². The number of hydrogen-bond acceptors (Lipinski definition) is 2. The second-order valence-corrected chi connectivity index (χ2v) is 6.64. The first-order valence-corrected chi connectivity index (χ1v) is 7.53. The molecule has 2 N–H and O–H groups in total. The second-order valence-electron chi connectivity index (χ2n) is 6.12. The van der Waals surface area contributed by atoms with Crippen LogP contribution in [0.3, 0.4) is 0 Å². The molecule has 2 aliphatic rings. The van der Waals surface area contributed by atoms with Gasteiger partial charge in [0.1, 0.15) is 0 Å². The minimum atomic E-state index is 0.667. The van der Waals surface area contributed by atoms with E-state index in [1.165, 1.54) is 45.2 Å². The van der Waals surface area contributed by atoms with Gasteiger partial charge in [-0.3, -0.25) is 0 Å². The highest BCUT2D eigenvalue weighted by atomic mass is 32.1. The van der Waals surface area contributed by atoms with Gasteiger partial charge in [-0.15, -0.1) is 0 Å². The zero-order chi connectivity index (χ0) is 12.3. The molecular weight excluding hydrogens is 228 g/mol. The summed E-state index contributed by atoms with van der Waals surface area (Å²) >= 11 is 4.89. The predicted octanol–water partition coefficient (Wildman–Crippen LogP) is 2.81. The SMILES string of the molecule is CN(CCCCC(N)=S)CC1CC2CCC1C2. The molecule has 2 fully saturated rings. The molecule has 0 aromatic carbocycles. The number of rotatable bonds is 7. The number of hydrogen-bond donors (Lipinski definition) is 1. The van der Waals surface area contributed by atoms with Crippen LogP contribution in [0.1, 0.15) is 44.9 Å². The Balaban J connectivity index is 1.58. The van der Waals surface area contributed by atoms with Crippen LogP contribution in [0.2, 0.25) is 0 Å². The number of nitrogens with two attached hydrogens (primary N) is 1. The lowest BCUT2D eigenvalue weighted by molar-refractivity contribution is 0.217. The van der Waals surface area contributed by atoms with Crippen LogP contribution in [0.15, 0.2) is 0 Å². The van der Waals surface area contributed by atoms with E-state index in [2.05, 4.69) is 11.9 Å². The van der Waals surface area contributed by atoms with Crippen LogP contribution in [0, 0.1) is 17.8 Å². The van der Waals surface area contributed by atoms with Gasteiger partial charge in [0.2, 0.25) is 0 Å². The molecule has 3 unspecified atom stereocenters. The molecule has 3 heteroatoms. The Hall–Kier alpha value is -0.150. The van der Waals surface area contributed by atoms with E-state index in [0.29, 0.717) is 4.99 Å². The molecule has 98 valence electrons. The lowest BCUT2D eigenvalue weighted by Gasteiger charge is -2.27. The summed E-state index contributed by atoms with van der Waals surface area (Å²) in [5, 5.41) is 0. The van der Waals surface area contributed by atoms with Crippen molar-refractivity contribution >= 4 is 17.2 Å². The Kier molecular flexibility index (Phi) is 4.80. The summed E-state index contributed by atoms with van der Waals surface area (Å²) in [4.78, 5) is 3.19. The number of nitrogens with zero attached hydrogens (tertiary/aromatic N) is 1. The van der Waals surface area contributed by atoms with E-state index in [-0.39, 0.29) is 0 Å². The van der Waals surface area contributed by atoms with E-state index in [1.807, 2.05) is 0 Å². The van der Waals surface area contributed by atoms with Gasteiger partial charge in [-0.2, -0.15) is 0 Å². The molecule has 0 aromatic rings. The Morgan fingerprint density at radius 2 is 2.12 bits per heavy atom. The van der Waals surface area contributed by atoms with Crippen LogP contribution < -0.4 is 5.73 Å². The van der Waals surface area contributed by atoms with Crippen LogP contribution in [-0.2, 0) is 0 Å². The maximum atomic E-state index is 5.50. The number of thiocarbonyl (C=S) groups is 1. The van der Waals surface area contributed by atoms with Gasteiger partial charge in [0, 0.05) is 6.54 Å². The van der Waals surface area contributed by atoms with Gasteiger partial charge in [0.05, 0.1) is 4.99 Å². The van der Waals surface area contributed by atoms with E-state index in [1.54, 1.807) is 0 Å². The molecule has 2 saturated carbocycles. The fourth-order valence-electron chi connectivity index (χ4n) is 3.77. The predicted molar refractivity (Wildman–Crippen MR) is 77.1 cm³/mol. The third-order valence-corrected chi connectivity index (χ3v) is 4.85. The summed E-state index contributed by atoms with van der Waals surface area (Å²) in [6.45, 7) is 2.52. The van der Waals surface area contributed by atoms with Crippen molar-refractivity contribution in [2.45, 2.75) is 44.9 Å². The normalized spacial score (nSPS) is 31.3. The number of unbranched alkanes of at least 4 members (excludes halogenated alkanes) is 1. The van der Waals surface area contributed by atoms with Crippen molar-refractivity contribution < 1.29 is 0 Å². The molecule has 0 aromatic heterocycles. The summed E-state index contributed by atoms with van der Waals surface area (Å²) in [6, 6.07) is 0. The molecule has 0 amide bonds. The van der Waals surface area contributed by atoms with E-state index in [0.717, 1.165) is 30.6 Å². The monoisotopic (exact) mass is 254 g/mol. The van der Waals surface area contributed by atoms with Crippen molar-refractivity contribution in [2.75, 3.05) is 20.1 Å². The van der Waals surface area contributed by atoms with Gasteiger partial charge < -0.3 is 10.6 Å². The summed E-state index contributed by atoms with van der Waals surface area (Å²) in [5.41, 5.74) is 5.50. The minimum Gasteiger partial charge on any atom is -0.393 e. The maximum absolute atomic E-state index is 5.50. The fraction of sp³-hybridized carbons (Fsp3) is 0.929.